The third kappa shape index (κ3) is 4.65. The van der Waals surface area contributed by atoms with E-state index in [0.717, 1.165) is 50.0 Å². The van der Waals surface area contributed by atoms with Crippen LogP contribution in [0, 0.1) is 0 Å². The van der Waals surface area contributed by atoms with Crippen molar-refractivity contribution in [1.29, 1.82) is 0 Å². The molecule has 1 atom stereocenters. The Bertz CT molecular complexity index is 1010. The summed E-state index contributed by atoms with van der Waals surface area (Å²) >= 11 is 0. The number of rotatable bonds is 6. The molecular formula is C22H26N6O2. The number of amides is 1. The molecule has 4 heterocycles. The standard InChI is InChI=1S/C22H26N6O2/c1-16(13-19-6-4-12-30-19)15-27-9-7-20-25-26-21(28(20)11-10-27)17(2)24-22(29)18-5-3-8-23-14-18/h3-6,8,12-14,17H,7,9-11,15H2,1-2H3,(H,24,29)/b16-13+/t17-/m1/s1. The number of nitrogens with one attached hydrogen (secondary N) is 1. The zero-order valence-electron chi connectivity index (χ0n) is 17.3. The highest BCUT2D eigenvalue weighted by Crippen LogP contribution is 2.17. The van der Waals surface area contributed by atoms with Gasteiger partial charge in [-0.1, -0.05) is 5.57 Å². The highest BCUT2D eigenvalue weighted by Gasteiger charge is 2.23. The number of hydrogen-bond donors (Lipinski definition) is 1. The molecule has 0 aromatic carbocycles. The van der Waals surface area contributed by atoms with Gasteiger partial charge in [-0.3, -0.25) is 14.7 Å². The topological polar surface area (TPSA) is 89.1 Å². The first kappa shape index (κ1) is 20.0. The number of aromatic nitrogens is 4. The van der Waals surface area contributed by atoms with Gasteiger partial charge in [-0.2, -0.15) is 0 Å². The van der Waals surface area contributed by atoms with Gasteiger partial charge < -0.3 is 14.3 Å². The fourth-order valence-electron chi connectivity index (χ4n) is 3.72. The van der Waals surface area contributed by atoms with Crippen LogP contribution in [-0.2, 0) is 13.0 Å². The van der Waals surface area contributed by atoms with Gasteiger partial charge in [0, 0.05) is 45.0 Å². The lowest BCUT2D eigenvalue weighted by atomic mass is 10.2. The zero-order valence-corrected chi connectivity index (χ0v) is 17.3. The Morgan fingerprint density at radius 1 is 1.27 bits per heavy atom. The van der Waals surface area contributed by atoms with Gasteiger partial charge in [0.15, 0.2) is 5.82 Å². The average molecular weight is 406 g/mol. The van der Waals surface area contributed by atoms with E-state index in [0.29, 0.717) is 5.56 Å². The van der Waals surface area contributed by atoms with Crippen molar-refractivity contribution in [3.8, 4) is 0 Å². The average Bonchev–Trinajstić information content (AvgIpc) is 3.36. The molecule has 0 aliphatic carbocycles. The van der Waals surface area contributed by atoms with Crippen molar-refractivity contribution >= 4 is 12.0 Å². The molecule has 0 fully saturated rings. The Labute approximate surface area is 175 Å². The molecule has 8 heteroatoms. The Balaban J connectivity index is 1.39. The van der Waals surface area contributed by atoms with E-state index in [1.807, 2.05) is 19.1 Å². The smallest absolute Gasteiger partial charge is 0.253 e. The SMILES string of the molecule is C/C(=C\c1ccco1)CN1CCc2nnc([C@@H](C)NC(=O)c3cccnc3)n2CC1. The molecule has 0 saturated carbocycles. The maximum absolute atomic E-state index is 12.5. The molecule has 8 nitrogen and oxygen atoms in total. The van der Waals surface area contributed by atoms with Crippen molar-refractivity contribution < 1.29 is 9.21 Å². The number of furan rings is 1. The number of nitrogens with zero attached hydrogens (tertiary/aromatic N) is 5. The first-order valence-corrected chi connectivity index (χ1v) is 10.2. The normalized spacial score (nSPS) is 16.0. The number of fused-ring (bicyclic) bond motifs is 1. The lowest BCUT2D eigenvalue weighted by Gasteiger charge is -2.20. The first-order valence-electron chi connectivity index (χ1n) is 10.2. The number of pyridine rings is 1. The summed E-state index contributed by atoms with van der Waals surface area (Å²) in [6.07, 6.45) is 7.79. The monoisotopic (exact) mass is 406 g/mol. The van der Waals surface area contributed by atoms with Crippen LogP contribution in [0.1, 0.15) is 47.7 Å². The maximum Gasteiger partial charge on any atom is 0.253 e. The Morgan fingerprint density at radius 3 is 2.93 bits per heavy atom. The van der Waals surface area contributed by atoms with Gasteiger partial charge in [0.1, 0.15) is 11.6 Å². The molecule has 0 radical (unpaired) electrons. The molecule has 4 rings (SSSR count). The highest BCUT2D eigenvalue weighted by molar-refractivity contribution is 5.94. The van der Waals surface area contributed by atoms with Crippen LogP contribution in [0.4, 0.5) is 0 Å². The van der Waals surface area contributed by atoms with Crippen molar-refractivity contribution in [2.45, 2.75) is 32.9 Å². The summed E-state index contributed by atoms with van der Waals surface area (Å²) in [7, 11) is 0. The van der Waals surface area contributed by atoms with E-state index in [1.165, 1.54) is 5.57 Å². The quantitative estimate of drug-likeness (QED) is 0.677. The van der Waals surface area contributed by atoms with Crippen molar-refractivity contribution in [3.63, 3.8) is 0 Å². The van der Waals surface area contributed by atoms with Gasteiger partial charge in [-0.05, 0) is 44.2 Å². The third-order valence-electron chi connectivity index (χ3n) is 5.21. The second-order valence-corrected chi connectivity index (χ2v) is 7.60. The van der Waals surface area contributed by atoms with Crippen LogP contribution in [0.3, 0.4) is 0 Å². The van der Waals surface area contributed by atoms with E-state index >= 15 is 0 Å². The van der Waals surface area contributed by atoms with E-state index < -0.39 is 0 Å². The van der Waals surface area contributed by atoms with Crippen LogP contribution in [0.25, 0.3) is 6.08 Å². The zero-order chi connectivity index (χ0) is 20.9. The summed E-state index contributed by atoms with van der Waals surface area (Å²) < 4.78 is 7.54. The minimum atomic E-state index is -0.244. The summed E-state index contributed by atoms with van der Waals surface area (Å²) in [5, 5.41) is 11.7. The third-order valence-corrected chi connectivity index (χ3v) is 5.21. The summed E-state index contributed by atoms with van der Waals surface area (Å²) in [4.78, 5) is 18.9. The van der Waals surface area contributed by atoms with E-state index in [2.05, 4.69) is 43.0 Å². The van der Waals surface area contributed by atoms with Gasteiger partial charge >= 0.3 is 0 Å². The molecule has 3 aromatic rings. The van der Waals surface area contributed by atoms with Crippen LogP contribution in [0.15, 0.2) is 52.9 Å². The summed E-state index contributed by atoms with van der Waals surface area (Å²) in [5.41, 5.74) is 1.78. The molecule has 0 saturated heterocycles. The largest absolute Gasteiger partial charge is 0.465 e. The van der Waals surface area contributed by atoms with Crippen LogP contribution in [0.5, 0.6) is 0 Å². The number of carbonyl (C=O) groups is 1. The Morgan fingerprint density at radius 2 is 2.17 bits per heavy atom. The molecule has 0 bridgehead atoms. The summed E-state index contributed by atoms with van der Waals surface area (Å²) in [6, 6.07) is 7.11. The molecule has 0 unspecified atom stereocenters. The maximum atomic E-state index is 12.5. The molecule has 1 aliphatic heterocycles. The second kappa shape index (κ2) is 9.04. The fourth-order valence-corrected chi connectivity index (χ4v) is 3.72. The van der Waals surface area contributed by atoms with Crippen molar-refractivity contribution in [1.82, 2.24) is 30.0 Å². The predicted molar refractivity (Wildman–Crippen MR) is 113 cm³/mol. The van der Waals surface area contributed by atoms with E-state index in [1.54, 1.807) is 30.8 Å². The molecule has 1 N–H and O–H groups in total. The van der Waals surface area contributed by atoms with Crippen molar-refractivity contribution in [3.05, 3.63) is 71.5 Å². The number of hydrogen-bond acceptors (Lipinski definition) is 6. The van der Waals surface area contributed by atoms with Crippen molar-refractivity contribution in [2.75, 3.05) is 19.6 Å². The van der Waals surface area contributed by atoms with Crippen LogP contribution in [0.2, 0.25) is 0 Å². The Kier molecular flexibility index (Phi) is 6.04. The molecule has 1 aliphatic rings. The molecule has 3 aromatic heterocycles. The summed E-state index contributed by atoms with van der Waals surface area (Å²) in [6.45, 7) is 7.53. The highest BCUT2D eigenvalue weighted by atomic mass is 16.3. The van der Waals surface area contributed by atoms with Gasteiger partial charge in [0.25, 0.3) is 5.91 Å². The molecule has 0 spiro atoms. The van der Waals surface area contributed by atoms with Gasteiger partial charge in [-0.25, -0.2) is 0 Å². The van der Waals surface area contributed by atoms with Gasteiger partial charge in [0.2, 0.25) is 0 Å². The van der Waals surface area contributed by atoms with Gasteiger partial charge in [-0.15, -0.1) is 10.2 Å². The molecule has 156 valence electrons. The van der Waals surface area contributed by atoms with Gasteiger partial charge in [0.05, 0.1) is 17.9 Å². The number of carbonyl (C=O) groups excluding carboxylic acids is 1. The second-order valence-electron chi connectivity index (χ2n) is 7.60. The molecular weight excluding hydrogens is 380 g/mol. The minimum Gasteiger partial charge on any atom is -0.465 e. The van der Waals surface area contributed by atoms with Crippen LogP contribution in [-0.4, -0.2) is 50.2 Å². The van der Waals surface area contributed by atoms with Crippen molar-refractivity contribution in [2.24, 2.45) is 0 Å². The lowest BCUT2D eigenvalue weighted by molar-refractivity contribution is 0.0937. The van der Waals surface area contributed by atoms with Crippen LogP contribution >= 0.6 is 0 Å². The lowest BCUT2D eigenvalue weighted by Crippen LogP contribution is -2.31. The summed E-state index contributed by atoms with van der Waals surface area (Å²) in [5.74, 6) is 2.45. The molecule has 30 heavy (non-hydrogen) atoms. The van der Waals surface area contributed by atoms with E-state index in [9.17, 15) is 4.79 Å². The van der Waals surface area contributed by atoms with Crippen LogP contribution < -0.4 is 5.32 Å². The molecule has 1 amide bonds. The minimum absolute atomic E-state index is 0.165. The fraction of sp³-hybridized carbons (Fsp3) is 0.364. The van der Waals surface area contributed by atoms with E-state index in [4.69, 9.17) is 4.42 Å². The van der Waals surface area contributed by atoms with E-state index in [-0.39, 0.29) is 11.9 Å². The Hall–Kier alpha value is -3.26. The predicted octanol–water partition coefficient (Wildman–Crippen LogP) is 2.72. The first-order chi connectivity index (χ1) is 14.6.